The number of rotatable bonds is 12. The molecule has 0 heterocycles. The van der Waals surface area contributed by atoms with Gasteiger partial charge in [-0.2, -0.15) is 0 Å². The van der Waals surface area contributed by atoms with Gasteiger partial charge in [0.15, 0.2) is 0 Å². The second kappa shape index (κ2) is 12.5. The van der Waals surface area contributed by atoms with Crippen LogP contribution in [0.1, 0.15) is 0 Å². The van der Waals surface area contributed by atoms with Gasteiger partial charge in [-0.1, -0.05) is 6.58 Å². The normalized spacial score (nSPS) is 12.1. The fourth-order valence-electron chi connectivity index (χ4n) is 0.905. The Labute approximate surface area is 106 Å². The number of esters is 1. The highest BCUT2D eigenvalue weighted by Gasteiger charge is 2.07. The summed E-state index contributed by atoms with van der Waals surface area (Å²) in [4.78, 5) is 10.7. The van der Waals surface area contributed by atoms with Crippen molar-refractivity contribution in [2.75, 3.05) is 46.2 Å². The van der Waals surface area contributed by atoms with Crippen LogP contribution in [0.2, 0.25) is 0 Å². The summed E-state index contributed by atoms with van der Waals surface area (Å²) in [5, 5.41) is 17.6. The van der Waals surface area contributed by atoms with Crippen LogP contribution < -0.4 is 0 Å². The van der Waals surface area contributed by atoms with Gasteiger partial charge in [0.1, 0.15) is 6.61 Å². The Morgan fingerprint density at radius 3 is 2.22 bits per heavy atom. The van der Waals surface area contributed by atoms with Gasteiger partial charge in [0, 0.05) is 6.08 Å². The molecule has 7 nitrogen and oxygen atoms in total. The largest absolute Gasteiger partial charge is 0.430 e. The third kappa shape index (κ3) is 11.5. The maximum absolute atomic E-state index is 10.7. The van der Waals surface area contributed by atoms with Crippen molar-refractivity contribution in [1.29, 1.82) is 0 Å². The van der Waals surface area contributed by atoms with E-state index in [4.69, 9.17) is 24.4 Å². The number of hydrogen-bond acceptors (Lipinski definition) is 7. The van der Waals surface area contributed by atoms with Crippen LogP contribution in [0.15, 0.2) is 12.7 Å². The molecule has 0 aliphatic heterocycles. The van der Waals surface area contributed by atoms with E-state index in [9.17, 15) is 4.79 Å². The molecule has 0 aliphatic rings. The van der Waals surface area contributed by atoms with E-state index in [0.717, 1.165) is 6.08 Å². The van der Waals surface area contributed by atoms with Crippen LogP contribution in [-0.2, 0) is 23.7 Å². The molecule has 18 heavy (non-hydrogen) atoms. The van der Waals surface area contributed by atoms with Gasteiger partial charge in [0.05, 0.1) is 39.6 Å². The van der Waals surface area contributed by atoms with Crippen LogP contribution in [0, 0.1) is 0 Å². The van der Waals surface area contributed by atoms with Gasteiger partial charge in [0.2, 0.25) is 6.29 Å². The molecule has 0 spiro atoms. The van der Waals surface area contributed by atoms with E-state index in [-0.39, 0.29) is 19.8 Å². The minimum Gasteiger partial charge on any atom is -0.430 e. The first-order valence-electron chi connectivity index (χ1n) is 5.56. The second-order valence-corrected chi connectivity index (χ2v) is 3.12. The van der Waals surface area contributed by atoms with Crippen LogP contribution >= 0.6 is 0 Å². The summed E-state index contributed by atoms with van der Waals surface area (Å²) in [6, 6.07) is 0. The summed E-state index contributed by atoms with van der Waals surface area (Å²) in [5.74, 6) is -0.705. The van der Waals surface area contributed by atoms with E-state index in [1.807, 2.05) is 0 Å². The van der Waals surface area contributed by atoms with Crippen molar-refractivity contribution in [3.8, 4) is 0 Å². The Kier molecular flexibility index (Phi) is 11.8. The molecule has 0 bridgehead atoms. The maximum atomic E-state index is 10.7. The van der Waals surface area contributed by atoms with E-state index >= 15 is 0 Å². The zero-order chi connectivity index (χ0) is 13.6. The maximum Gasteiger partial charge on any atom is 0.332 e. The zero-order valence-corrected chi connectivity index (χ0v) is 10.2. The Balaban J connectivity index is 3.19. The van der Waals surface area contributed by atoms with Crippen LogP contribution in [0.3, 0.4) is 0 Å². The van der Waals surface area contributed by atoms with Gasteiger partial charge in [-0.05, 0) is 0 Å². The molecule has 0 saturated heterocycles. The molecule has 0 radical (unpaired) electrons. The third-order valence-electron chi connectivity index (χ3n) is 1.66. The van der Waals surface area contributed by atoms with Crippen molar-refractivity contribution in [1.82, 2.24) is 0 Å². The van der Waals surface area contributed by atoms with Crippen LogP contribution in [0.4, 0.5) is 0 Å². The molecule has 0 aromatic carbocycles. The molecule has 0 rings (SSSR count). The lowest BCUT2D eigenvalue weighted by Gasteiger charge is -2.11. The topological polar surface area (TPSA) is 94.5 Å². The minimum atomic E-state index is -1.30. The van der Waals surface area contributed by atoms with Crippen molar-refractivity contribution in [3.63, 3.8) is 0 Å². The molecular formula is C11H20O7. The predicted molar refractivity (Wildman–Crippen MR) is 61.8 cm³/mol. The lowest BCUT2D eigenvalue weighted by Crippen LogP contribution is -2.23. The molecule has 0 saturated carbocycles. The van der Waals surface area contributed by atoms with E-state index < -0.39 is 12.3 Å². The van der Waals surface area contributed by atoms with Crippen LogP contribution in [0.5, 0.6) is 0 Å². The van der Waals surface area contributed by atoms with Crippen LogP contribution in [0.25, 0.3) is 0 Å². The van der Waals surface area contributed by atoms with Crippen molar-refractivity contribution < 1.29 is 34.0 Å². The van der Waals surface area contributed by atoms with Crippen molar-refractivity contribution in [3.05, 3.63) is 12.7 Å². The molecule has 0 aliphatic carbocycles. The van der Waals surface area contributed by atoms with Crippen molar-refractivity contribution in [2.45, 2.75) is 6.29 Å². The summed E-state index contributed by atoms with van der Waals surface area (Å²) in [6.07, 6.45) is -0.345. The van der Waals surface area contributed by atoms with Gasteiger partial charge in [0.25, 0.3) is 0 Å². The highest BCUT2D eigenvalue weighted by Crippen LogP contribution is 1.91. The summed E-state index contributed by atoms with van der Waals surface area (Å²) < 4.78 is 19.5. The molecule has 1 atom stereocenters. The third-order valence-corrected chi connectivity index (χ3v) is 1.66. The minimum absolute atomic E-state index is 0.00950. The Bertz CT molecular complexity index is 219. The molecule has 0 aromatic heterocycles. The molecular weight excluding hydrogens is 244 g/mol. The highest BCUT2D eigenvalue weighted by atomic mass is 16.7. The van der Waals surface area contributed by atoms with Gasteiger partial charge < -0.3 is 29.2 Å². The molecule has 7 heteroatoms. The number of carbonyl (C=O) groups is 1. The molecule has 0 fully saturated rings. The number of aliphatic hydroxyl groups is 2. The first-order valence-corrected chi connectivity index (χ1v) is 5.56. The summed E-state index contributed by atoms with van der Waals surface area (Å²) in [5.41, 5.74) is 0. The Hall–Kier alpha value is -0.990. The van der Waals surface area contributed by atoms with E-state index in [2.05, 4.69) is 11.3 Å². The second-order valence-electron chi connectivity index (χ2n) is 3.12. The quantitative estimate of drug-likeness (QED) is 0.204. The molecule has 106 valence electrons. The fraction of sp³-hybridized carbons (Fsp3) is 0.727. The zero-order valence-electron chi connectivity index (χ0n) is 10.2. The summed E-state index contributed by atoms with van der Waals surface area (Å²) in [7, 11) is 0. The Morgan fingerprint density at radius 1 is 1.11 bits per heavy atom. The highest BCUT2D eigenvalue weighted by molar-refractivity contribution is 5.81. The van der Waals surface area contributed by atoms with Gasteiger partial charge in [-0.25, -0.2) is 4.79 Å². The molecule has 0 aromatic rings. The Morgan fingerprint density at radius 2 is 1.67 bits per heavy atom. The number of carbonyl (C=O) groups excluding carboxylic acids is 1. The van der Waals surface area contributed by atoms with Crippen LogP contribution in [-0.4, -0.2) is 68.7 Å². The van der Waals surface area contributed by atoms with Crippen molar-refractivity contribution in [2.24, 2.45) is 0 Å². The van der Waals surface area contributed by atoms with Gasteiger partial charge in [-0.3, -0.25) is 0 Å². The fourth-order valence-corrected chi connectivity index (χ4v) is 0.905. The lowest BCUT2D eigenvalue weighted by molar-refractivity contribution is -0.172. The van der Waals surface area contributed by atoms with E-state index in [0.29, 0.717) is 26.4 Å². The number of aliphatic hydroxyl groups excluding tert-OH is 2. The van der Waals surface area contributed by atoms with E-state index in [1.165, 1.54) is 0 Å². The first-order chi connectivity index (χ1) is 8.70. The molecule has 0 amide bonds. The molecule has 1 unspecified atom stereocenters. The average Bonchev–Trinajstić information content (AvgIpc) is 2.36. The summed E-state index contributed by atoms with van der Waals surface area (Å²) in [6.45, 7) is 4.76. The summed E-state index contributed by atoms with van der Waals surface area (Å²) >= 11 is 0. The predicted octanol–water partition coefficient (Wildman–Crippen LogP) is -0.924. The number of hydrogen-bond donors (Lipinski definition) is 2. The SMILES string of the molecule is C=CC(=O)OC(O)COCCOCCOCCO. The smallest absolute Gasteiger partial charge is 0.332 e. The van der Waals surface area contributed by atoms with Gasteiger partial charge in [-0.15, -0.1) is 0 Å². The number of ether oxygens (including phenoxy) is 4. The lowest BCUT2D eigenvalue weighted by atomic mass is 10.6. The van der Waals surface area contributed by atoms with Crippen molar-refractivity contribution >= 4 is 5.97 Å². The van der Waals surface area contributed by atoms with Gasteiger partial charge >= 0.3 is 5.97 Å². The first kappa shape index (κ1) is 17.0. The average molecular weight is 264 g/mol. The van der Waals surface area contributed by atoms with E-state index in [1.54, 1.807) is 0 Å². The standard InChI is InChI=1S/C11H20O7/c1-2-10(13)18-11(14)9-17-8-7-16-6-5-15-4-3-12/h2,11-12,14H,1,3-9H2. The monoisotopic (exact) mass is 264 g/mol. The molecule has 2 N–H and O–H groups in total.